The van der Waals surface area contributed by atoms with Gasteiger partial charge in [-0.3, -0.25) is 0 Å². The highest BCUT2D eigenvalue weighted by atomic mass is 32.2. The number of aryl methyl sites for hydroxylation is 1. The fraction of sp³-hybridized carbons (Fsp3) is 0.0588. The van der Waals surface area contributed by atoms with Crippen LogP contribution in [0.1, 0.15) is 5.56 Å². The number of fused-ring (bicyclic) bond motifs is 1. The Morgan fingerprint density at radius 2 is 1.85 bits per heavy atom. The van der Waals surface area contributed by atoms with Crippen molar-refractivity contribution in [3.05, 3.63) is 60.6 Å². The first-order valence-electron chi connectivity index (χ1n) is 7.71. The molecule has 0 unspecified atom stereocenters. The number of hydrogen-bond acceptors (Lipinski definition) is 7. The lowest BCUT2D eigenvalue weighted by molar-refractivity contribution is 0.591. The van der Waals surface area contributed by atoms with Gasteiger partial charge in [-0.15, -0.1) is 0 Å². The van der Waals surface area contributed by atoms with Crippen LogP contribution in [0, 0.1) is 6.92 Å². The molecule has 0 saturated carbocycles. The molecule has 0 fully saturated rings. The van der Waals surface area contributed by atoms with Crippen LogP contribution in [0.25, 0.3) is 16.9 Å². The summed E-state index contributed by atoms with van der Waals surface area (Å²) in [6.07, 6.45) is 2.93. The zero-order valence-corrected chi connectivity index (χ0v) is 14.6. The molecule has 3 heterocycles. The van der Waals surface area contributed by atoms with Crippen LogP contribution in [0.15, 0.2) is 64.9 Å². The van der Waals surface area contributed by atoms with E-state index in [9.17, 15) is 8.42 Å². The molecule has 0 bridgehead atoms. The van der Waals surface area contributed by atoms with Crippen molar-refractivity contribution in [2.45, 2.75) is 16.8 Å². The quantitative estimate of drug-likeness (QED) is 0.550. The maximum Gasteiger partial charge on any atom is 0.223 e. The fourth-order valence-corrected chi connectivity index (χ4v) is 3.88. The predicted octanol–water partition coefficient (Wildman–Crippen LogP) is 1.91. The number of benzene rings is 1. The highest BCUT2D eigenvalue weighted by Gasteiger charge is 2.21. The van der Waals surface area contributed by atoms with Crippen LogP contribution >= 0.6 is 0 Å². The van der Waals surface area contributed by atoms with E-state index in [1.165, 1.54) is 16.9 Å². The van der Waals surface area contributed by atoms with Crippen molar-refractivity contribution >= 4 is 21.3 Å². The molecule has 0 aliphatic carbocycles. The van der Waals surface area contributed by atoms with Crippen LogP contribution in [0.5, 0.6) is 0 Å². The average Bonchev–Trinajstić information content (AvgIpc) is 2.99. The number of nitrogens with zero attached hydrogens (tertiary/aromatic N) is 5. The van der Waals surface area contributed by atoms with E-state index in [0.717, 1.165) is 5.56 Å². The van der Waals surface area contributed by atoms with E-state index in [1.807, 2.05) is 6.92 Å². The van der Waals surface area contributed by atoms with E-state index in [4.69, 9.17) is 5.73 Å². The molecule has 0 aliphatic rings. The molecule has 0 amide bonds. The Morgan fingerprint density at radius 1 is 1.08 bits per heavy atom. The SMILES string of the molecule is Cc1c(-c2ccnc(N)n2)nn2cnc(S(=O)(=O)c3ccccc3)cc12. The maximum atomic E-state index is 12.8. The van der Waals surface area contributed by atoms with E-state index in [0.29, 0.717) is 16.9 Å². The minimum Gasteiger partial charge on any atom is -0.368 e. The second-order valence-corrected chi connectivity index (χ2v) is 7.54. The number of anilines is 1. The zero-order valence-electron chi connectivity index (χ0n) is 13.7. The Hall–Kier alpha value is -3.33. The summed E-state index contributed by atoms with van der Waals surface area (Å²) in [5, 5.41) is 4.40. The Kier molecular flexibility index (Phi) is 3.66. The van der Waals surface area contributed by atoms with Crippen molar-refractivity contribution in [3.8, 4) is 11.4 Å². The molecule has 4 rings (SSSR count). The van der Waals surface area contributed by atoms with Crippen LogP contribution in [0.3, 0.4) is 0 Å². The monoisotopic (exact) mass is 366 g/mol. The first-order valence-corrected chi connectivity index (χ1v) is 9.19. The number of hydrogen-bond donors (Lipinski definition) is 1. The minimum absolute atomic E-state index is 0.0343. The van der Waals surface area contributed by atoms with E-state index < -0.39 is 9.84 Å². The van der Waals surface area contributed by atoms with Crippen molar-refractivity contribution in [3.63, 3.8) is 0 Å². The summed E-state index contributed by atoms with van der Waals surface area (Å²) >= 11 is 0. The summed E-state index contributed by atoms with van der Waals surface area (Å²) in [5.41, 5.74) is 8.19. The largest absolute Gasteiger partial charge is 0.368 e. The molecule has 4 aromatic rings. The smallest absolute Gasteiger partial charge is 0.223 e. The lowest BCUT2D eigenvalue weighted by atomic mass is 10.2. The molecule has 0 radical (unpaired) electrons. The standard InChI is InChI=1S/C17H14N6O2S/c1-11-14-9-15(26(24,25)12-5-3-2-4-6-12)20-10-23(14)22-16(11)13-7-8-19-17(18)21-13/h2-10H,1H3,(H2,18,19,21). The van der Waals surface area contributed by atoms with Gasteiger partial charge in [0.05, 0.1) is 16.1 Å². The molecule has 9 heteroatoms. The third-order valence-electron chi connectivity index (χ3n) is 3.99. The van der Waals surface area contributed by atoms with Crippen LogP contribution in [0.4, 0.5) is 5.95 Å². The van der Waals surface area contributed by atoms with Gasteiger partial charge in [0, 0.05) is 17.8 Å². The molecular weight excluding hydrogens is 352 g/mol. The van der Waals surface area contributed by atoms with Gasteiger partial charge in [0.25, 0.3) is 0 Å². The second kappa shape index (κ2) is 5.88. The normalized spacial score (nSPS) is 11.7. The van der Waals surface area contributed by atoms with Crippen LogP contribution in [-0.4, -0.2) is 33.0 Å². The van der Waals surface area contributed by atoms with Gasteiger partial charge in [-0.05, 0) is 25.1 Å². The van der Waals surface area contributed by atoms with Crippen LogP contribution in [-0.2, 0) is 9.84 Å². The number of nitrogen functional groups attached to an aromatic ring is 1. The average molecular weight is 366 g/mol. The van der Waals surface area contributed by atoms with E-state index in [2.05, 4.69) is 20.1 Å². The molecule has 0 spiro atoms. The predicted molar refractivity (Wildman–Crippen MR) is 95.1 cm³/mol. The van der Waals surface area contributed by atoms with Gasteiger partial charge in [0.2, 0.25) is 15.8 Å². The van der Waals surface area contributed by atoms with Crippen molar-refractivity contribution in [2.75, 3.05) is 5.73 Å². The van der Waals surface area contributed by atoms with Gasteiger partial charge in [-0.1, -0.05) is 18.2 Å². The van der Waals surface area contributed by atoms with Crippen LogP contribution in [0.2, 0.25) is 0 Å². The Labute approximate surface area is 149 Å². The molecule has 0 saturated heterocycles. The summed E-state index contributed by atoms with van der Waals surface area (Å²) in [6.45, 7) is 1.84. The Bertz CT molecular complexity index is 1220. The molecule has 1 aromatic carbocycles. The summed E-state index contributed by atoms with van der Waals surface area (Å²) < 4.78 is 27.1. The van der Waals surface area contributed by atoms with E-state index >= 15 is 0 Å². The molecule has 0 atom stereocenters. The number of rotatable bonds is 3. The van der Waals surface area contributed by atoms with Crippen molar-refractivity contribution in [1.29, 1.82) is 0 Å². The molecule has 130 valence electrons. The topological polar surface area (TPSA) is 116 Å². The Balaban J connectivity index is 1.88. The summed E-state index contributed by atoms with van der Waals surface area (Å²) in [6, 6.07) is 11.4. The van der Waals surface area contributed by atoms with Crippen molar-refractivity contribution < 1.29 is 8.42 Å². The third-order valence-corrected chi connectivity index (χ3v) is 5.66. The van der Waals surface area contributed by atoms with Gasteiger partial charge in [0.15, 0.2) is 5.03 Å². The highest BCUT2D eigenvalue weighted by molar-refractivity contribution is 7.91. The lowest BCUT2D eigenvalue weighted by Gasteiger charge is -2.04. The van der Waals surface area contributed by atoms with Gasteiger partial charge >= 0.3 is 0 Å². The molecule has 8 nitrogen and oxygen atoms in total. The highest BCUT2D eigenvalue weighted by Crippen LogP contribution is 2.26. The minimum atomic E-state index is -3.71. The van der Waals surface area contributed by atoms with Crippen molar-refractivity contribution in [1.82, 2.24) is 24.6 Å². The maximum absolute atomic E-state index is 12.8. The molecule has 3 aromatic heterocycles. The molecule has 0 aliphatic heterocycles. The summed E-state index contributed by atoms with van der Waals surface area (Å²) in [7, 11) is -3.71. The van der Waals surface area contributed by atoms with Gasteiger partial charge in [-0.2, -0.15) is 5.10 Å². The number of sulfone groups is 1. The molecule has 26 heavy (non-hydrogen) atoms. The van der Waals surface area contributed by atoms with Gasteiger partial charge in [-0.25, -0.2) is 27.9 Å². The summed E-state index contributed by atoms with van der Waals surface area (Å²) in [4.78, 5) is 12.3. The van der Waals surface area contributed by atoms with Gasteiger partial charge < -0.3 is 5.73 Å². The lowest BCUT2D eigenvalue weighted by Crippen LogP contribution is -2.05. The third kappa shape index (κ3) is 2.58. The van der Waals surface area contributed by atoms with Crippen molar-refractivity contribution in [2.24, 2.45) is 0 Å². The zero-order chi connectivity index (χ0) is 18.3. The molecule has 2 N–H and O–H groups in total. The number of aromatic nitrogens is 5. The Morgan fingerprint density at radius 3 is 2.58 bits per heavy atom. The summed E-state index contributed by atoms with van der Waals surface area (Å²) in [5.74, 6) is 0.143. The van der Waals surface area contributed by atoms with E-state index in [-0.39, 0.29) is 15.9 Å². The molecular formula is C17H14N6O2S. The first-order chi connectivity index (χ1) is 12.5. The second-order valence-electron chi connectivity index (χ2n) is 5.65. The number of nitrogens with two attached hydrogens (primary N) is 1. The fourth-order valence-electron chi connectivity index (χ4n) is 2.67. The van der Waals surface area contributed by atoms with E-state index in [1.54, 1.807) is 42.6 Å². The van der Waals surface area contributed by atoms with Gasteiger partial charge in [0.1, 0.15) is 12.0 Å². The van der Waals surface area contributed by atoms with Crippen LogP contribution < -0.4 is 5.73 Å². The first kappa shape index (κ1) is 16.2.